The molecule has 0 radical (unpaired) electrons. The highest BCUT2D eigenvalue weighted by Crippen LogP contribution is 2.33. The Kier molecular flexibility index (Phi) is 6.07. The number of rotatable bonds is 5. The average molecular weight is 486 g/mol. The van der Waals surface area contributed by atoms with Crippen molar-refractivity contribution >= 4 is 33.7 Å². The standard InChI is InChI=1S/C28H31N5O3/c29-27-25-26(33(24(17-34)31-25)16-18-8-12-36-13-9-18)22-7-6-20(15-23(22)30-27)19-4-3-5-21(14-19)28(35)32-10-1-2-11-32/h3-7,14-15,18,34H,1-2,8-13,16-17H2,(H2,29,30). The molecule has 6 rings (SSSR count). The number of fused-ring (bicyclic) bond motifs is 3. The van der Waals surface area contributed by atoms with E-state index in [0.717, 1.165) is 86.1 Å². The van der Waals surface area contributed by atoms with Crippen LogP contribution in [0.25, 0.3) is 33.1 Å². The van der Waals surface area contributed by atoms with Crippen LogP contribution in [-0.4, -0.2) is 56.8 Å². The Balaban J connectivity index is 1.42. The zero-order valence-electron chi connectivity index (χ0n) is 20.3. The van der Waals surface area contributed by atoms with Crippen molar-refractivity contribution in [2.24, 2.45) is 5.92 Å². The number of aromatic nitrogens is 3. The van der Waals surface area contributed by atoms with Crippen LogP contribution in [0.3, 0.4) is 0 Å². The summed E-state index contributed by atoms with van der Waals surface area (Å²) in [6, 6.07) is 13.9. The SMILES string of the molecule is Nc1nc2cc(-c3cccc(C(=O)N4CCCC4)c3)ccc2c2c1nc(CO)n2CC1CCOCC1. The minimum Gasteiger partial charge on any atom is -0.388 e. The Morgan fingerprint density at radius 2 is 1.83 bits per heavy atom. The van der Waals surface area contributed by atoms with E-state index in [1.165, 1.54) is 0 Å². The Morgan fingerprint density at radius 1 is 1.06 bits per heavy atom. The Labute approximate surface area is 209 Å². The van der Waals surface area contributed by atoms with E-state index < -0.39 is 0 Å². The number of aliphatic hydroxyl groups excluding tert-OH is 1. The van der Waals surface area contributed by atoms with Crippen molar-refractivity contribution in [3.63, 3.8) is 0 Å². The fourth-order valence-corrected chi connectivity index (χ4v) is 5.58. The predicted molar refractivity (Wildman–Crippen MR) is 139 cm³/mol. The second-order valence-electron chi connectivity index (χ2n) is 9.86. The summed E-state index contributed by atoms with van der Waals surface area (Å²) in [5.41, 5.74) is 11.3. The molecule has 0 spiro atoms. The van der Waals surface area contributed by atoms with Crippen LogP contribution in [0.1, 0.15) is 41.9 Å². The number of nitrogens with two attached hydrogens (primary N) is 1. The van der Waals surface area contributed by atoms with Gasteiger partial charge in [0.15, 0.2) is 5.82 Å². The molecule has 0 aliphatic carbocycles. The van der Waals surface area contributed by atoms with E-state index in [-0.39, 0.29) is 12.5 Å². The van der Waals surface area contributed by atoms with Crippen LogP contribution in [0.4, 0.5) is 5.82 Å². The Hall–Kier alpha value is -3.49. The summed E-state index contributed by atoms with van der Waals surface area (Å²) in [5.74, 6) is 1.51. The van der Waals surface area contributed by atoms with Gasteiger partial charge in [0.25, 0.3) is 5.91 Å². The summed E-state index contributed by atoms with van der Waals surface area (Å²) >= 11 is 0. The van der Waals surface area contributed by atoms with E-state index in [2.05, 4.69) is 26.7 Å². The van der Waals surface area contributed by atoms with E-state index in [0.29, 0.717) is 28.6 Å². The molecule has 0 atom stereocenters. The zero-order valence-corrected chi connectivity index (χ0v) is 20.3. The van der Waals surface area contributed by atoms with Gasteiger partial charge in [-0.2, -0.15) is 0 Å². The number of hydrogen-bond donors (Lipinski definition) is 2. The van der Waals surface area contributed by atoms with Crippen LogP contribution in [0.5, 0.6) is 0 Å². The molecule has 8 heteroatoms. The maximum atomic E-state index is 12.9. The smallest absolute Gasteiger partial charge is 0.253 e. The summed E-state index contributed by atoms with van der Waals surface area (Å²) < 4.78 is 7.64. The normalized spacial score (nSPS) is 16.9. The fourth-order valence-electron chi connectivity index (χ4n) is 5.58. The number of nitrogens with zero attached hydrogens (tertiary/aromatic N) is 4. The lowest BCUT2D eigenvalue weighted by atomic mass is 9.99. The molecule has 0 saturated carbocycles. The highest BCUT2D eigenvalue weighted by Gasteiger charge is 2.22. The molecule has 4 aromatic rings. The third-order valence-electron chi connectivity index (χ3n) is 7.54. The van der Waals surface area contributed by atoms with Crippen LogP contribution in [0, 0.1) is 5.92 Å². The summed E-state index contributed by atoms with van der Waals surface area (Å²) in [6.45, 7) is 3.79. The lowest BCUT2D eigenvalue weighted by Crippen LogP contribution is -2.27. The molecule has 0 unspecified atom stereocenters. The molecule has 2 aromatic heterocycles. The van der Waals surface area contributed by atoms with E-state index >= 15 is 0 Å². The highest BCUT2D eigenvalue weighted by molar-refractivity contribution is 6.07. The largest absolute Gasteiger partial charge is 0.388 e. The number of carbonyl (C=O) groups is 1. The van der Waals surface area contributed by atoms with Gasteiger partial charge in [0.1, 0.15) is 17.9 Å². The lowest BCUT2D eigenvalue weighted by molar-refractivity contribution is 0.0610. The molecule has 36 heavy (non-hydrogen) atoms. The van der Waals surface area contributed by atoms with Crippen LogP contribution >= 0.6 is 0 Å². The number of amides is 1. The number of ether oxygens (including phenoxy) is 1. The third-order valence-corrected chi connectivity index (χ3v) is 7.54. The Bertz CT molecular complexity index is 1430. The second-order valence-corrected chi connectivity index (χ2v) is 9.86. The summed E-state index contributed by atoms with van der Waals surface area (Å²) in [7, 11) is 0. The number of benzene rings is 2. The summed E-state index contributed by atoms with van der Waals surface area (Å²) in [5, 5.41) is 11.0. The van der Waals surface area contributed by atoms with Crippen molar-refractivity contribution in [3.8, 4) is 11.1 Å². The molecular formula is C28H31N5O3. The monoisotopic (exact) mass is 485 g/mol. The molecule has 4 heterocycles. The van der Waals surface area contributed by atoms with Gasteiger partial charge in [-0.1, -0.05) is 24.3 Å². The first-order valence-electron chi connectivity index (χ1n) is 12.8. The van der Waals surface area contributed by atoms with Gasteiger partial charge in [0.2, 0.25) is 0 Å². The third kappa shape index (κ3) is 4.10. The number of imidazole rings is 1. The number of anilines is 1. The van der Waals surface area contributed by atoms with E-state index in [9.17, 15) is 9.90 Å². The zero-order chi connectivity index (χ0) is 24.6. The lowest BCUT2D eigenvalue weighted by Gasteiger charge is -2.23. The molecular weight excluding hydrogens is 454 g/mol. The average Bonchev–Trinajstić information content (AvgIpc) is 3.58. The summed E-state index contributed by atoms with van der Waals surface area (Å²) in [6.07, 6.45) is 4.11. The second kappa shape index (κ2) is 9.52. The first-order valence-corrected chi connectivity index (χ1v) is 12.8. The predicted octanol–water partition coefficient (Wildman–Crippen LogP) is 3.99. The molecule has 2 aliphatic heterocycles. The topological polar surface area (TPSA) is 107 Å². The molecule has 1 amide bonds. The van der Waals surface area contributed by atoms with Gasteiger partial charge in [-0.25, -0.2) is 9.97 Å². The first-order chi connectivity index (χ1) is 17.6. The molecule has 2 aliphatic rings. The maximum Gasteiger partial charge on any atom is 0.253 e. The van der Waals surface area contributed by atoms with Crippen molar-refractivity contribution in [2.45, 2.75) is 38.8 Å². The van der Waals surface area contributed by atoms with Gasteiger partial charge in [-0.05, 0) is 60.9 Å². The van der Waals surface area contributed by atoms with Gasteiger partial charge in [0, 0.05) is 43.8 Å². The van der Waals surface area contributed by atoms with Gasteiger partial charge < -0.3 is 25.0 Å². The first kappa shape index (κ1) is 22.9. The molecule has 0 bridgehead atoms. The van der Waals surface area contributed by atoms with E-state index in [1.807, 2.05) is 35.2 Å². The van der Waals surface area contributed by atoms with Crippen molar-refractivity contribution in [2.75, 3.05) is 32.0 Å². The number of hydrogen-bond acceptors (Lipinski definition) is 6. The number of nitrogen functional groups attached to an aromatic ring is 1. The van der Waals surface area contributed by atoms with Crippen molar-refractivity contribution < 1.29 is 14.6 Å². The van der Waals surface area contributed by atoms with Crippen molar-refractivity contribution in [3.05, 3.63) is 53.9 Å². The van der Waals surface area contributed by atoms with Gasteiger partial charge >= 0.3 is 0 Å². The van der Waals surface area contributed by atoms with Crippen LogP contribution in [0.15, 0.2) is 42.5 Å². The molecule has 2 saturated heterocycles. The van der Waals surface area contributed by atoms with Crippen LogP contribution in [-0.2, 0) is 17.9 Å². The summed E-state index contributed by atoms with van der Waals surface area (Å²) in [4.78, 5) is 24.2. The number of carbonyl (C=O) groups excluding carboxylic acids is 1. The van der Waals surface area contributed by atoms with Gasteiger partial charge in [-0.15, -0.1) is 0 Å². The molecule has 2 fully saturated rings. The van der Waals surface area contributed by atoms with Crippen molar-refractivity contribution in [1.82, 2.24) is 19.4 Å². The van der Waals surface area contributed by atoms with Gasteiger partial charge in [0.05, 0.1) is 11.0 Å². The Morgan fingerprint density at radius 3 is 2.61 bits per heavy atom. The van der Waals surface area contributed by atoms with E-state index in [4.69, 9.17) is 10.5 Å². The van der Waals surface area contributed by atoms with Crippen LogP contribution in [0.2, 0.25) is 0 Å². The minimum absolute atomic E-state index is 0.0905. The number of pyridine rings is 1. The maximum absolute atomic E-state index is 12.9. The van der Waals surface area contributed by atoms with E-state index in [1.54, 1.807) is 0 Å². The minimum atomic E-state index is -0.158. The highest BCUT2D eigenvalue weighted by atomic mass is 16.5. The molecule has 2 aromatic carbocycles. The molecule has 3 N–H and O–H groups in total. The van der Waals surface area contributed by atoms with Crippen molar-refractivity contribution in [1.29, 1.82) is 0 Å². The number of likely N-dealkylation sites (tertiary alicyclic amines) is 1. The van der Waals surface area contributed by atoms with Gasteiger partial charge in [-0.3, -0.25) is 4.79 Å². The fraction of sp³-hybridized carbons (Fsp3) is 0.393. The number of aliphatic hydroxyl groups is 1. The molecule has 186 valence electrons. The molecule has 8 nitrogen and oxygen atoms in total. The quantitative estimate of drug-likeness (QED) is 0.443. The van der Waals surface area contributed by atoms with Crippen LogP contribution < -0.4 is 5.73 Å².